The Hall–Kier alpha value is -4.54. The van der Waals surface area contributed by atoms with Gasteiger partial charge in [-0.05, 0) is 43.0 Å². The summed E-state index contributed by atoms with van der Waals surface area (Å²) in [6.45, 7) is 1.74. The minimum Gasteiger partial charge on any atom is -0.454 e. The molecule has 6 N–H and O–H groups in total. The zero-order valence-electron chi connectivity index (χ0n) is 21.6. The number of amides is 1. The number of nitrogens with one attached hydrogen (secondary N) is 2. The smallest absolute Gasteiger partial charge is 0.239 e. The van der Waals surface area contributed by atoms with Crippen molar-refractivity contribution < 1.29 is 19.1 Å². The van der Waals surface area contributed by atoms with Crippen molar-refractivity contribution in [3.8, 4) is 11.5 Å². The zero-order chi connectivity index (χ0) is 27.2. The summed E-state index contributed by atoms with van der Waals surface area (Å²) in [6, 6.07) is 15.4. The topological polar surface area (TPSA) is 157 Å². The second kappa shape index (κ2) is 14.9. The quantitative estimate of drug-likeness (QED) is 0.125. The van der Waals surface area contributed by atoms with Crippen LogP contribution in [0.15, 0.2) is 64.7 Å². The first-order chi connectivity index (χ1) is 18.5. The second-order valence-corrected chi connectivity index (χ2v) is 8.58. The molecule has 0 bridgehead atoms. The Labute approximate surface area is 222 Å². The van der Waals surface area contributed by atoms with Crippen LogP contribution < -0.4 is 31.6 Å². The van der Waals surface area contributed by atoms with Gasteiger partial charge in [0.25, 0.3) is 0 Å². The molecular formula is C27H35N7O4. The predicted molar refractivity (Wildman–Crippen MR) is 148 cm³/mol. The first kappa shape index (κ1) is 28.0. The minimum atomic E-state index is -0.145. The third-order valence-corrected chi connectivity index (χ3v) is 5.66. The van der Waals surface area contributed by atoms with E-state index in [1.807, 2.05) is 48.5 Å². The number of carbonyl (C=O) groups excluding carboxylic acids is 2. The summed E-state index contributed by atoms with van der Waals surface area (Å²) in [7, 11) is 1.80. The third kappa shape index (κ3) is 9.16. The predicted octanol–water partition coefficient (Wildman–Crippen LogP) is 1.25. The molecule has 0 spiro atoms. The maximum absolute atomic E-state index is 12.6. The second-order valence-electron chi connectivity index (χ2n) is 8.58. The van der Waals surface area contributed by atoms with Crippen LogP contribution in [0, 0.1) is 0 Å². The Bertz CT molecular complexity index is 1160. The van der Waals surface area contributed by atoms with Gasteiger partial charge in [0.2, 0.25) is 12.7 Å². The van der Waals surface area contributed by atoms with E-state index in [9.17, 15) is 9.59 Å². The maximum Gasteiger partial charge on any atom is 0.239 e. The Morgan fingerprint density at radius 3 is 2.61 bits per heavy atom. The monoisotopic (exact) mass is 521 g/mol. The number of ether oxygens (including phenoxy) is 2. The van der Waals surface area contributed by atoms with E-state index in [1.54, 1.807) is 18.1 Å². The molecule has 1 aliphatic heterocycles. The van der Waals surface area contributed by atoms with E-state index >= 15 is 0 Å². The number of carbonyl (C=O) groups is 2. The van der Waals surface area contributed by atoms with Crippen molar-refractivity contribution >= 4 is 29.7 Å². The number of amidine groups is 1. The number of unbranched alkanes of at least 4 members (excludes halogenated alkanes) is 1. The van der Waals surface area contributed by atoms with Crippen LogP contribution in [-0.4, -0.2) is 68.9 Å². The number of likely N-dealkylation sites (N-methyl/N-ethyl adjacent to an activating group) is 1. The number of hydrogen-bond acceptors (Lipinski definition) is 7. The highest BCUT2D eigenvalue weighted by Gasteiger charge is 2.18. The summed E-state index contributed by atoms with van der Waals surface area (Å²) < 4.78 is 10.9. The molecule has 0 aliphatic carbocycles. The highest BCUT2D eigenvalue weighted by Crippen LogP contribution is 2.34. The molecule has 11 nitrogen and oxygen atoms in total. The fraction of sp³-hybridized carbons (Fsp3) is 0.333. The molecule has 38 heavy (non-hydrogen) atoms. The van der Waals surface area contributed by atoms with Crippen molar-refractivity contribution in [2.24, 2.45) is 21.5 Å². The van der Waals surface area contributed by atoms with E-state index in [0.29, 0.717) is 49.5 Å². The molecule has 1 heterocycles. The van der Waals surface area contributed by atoms with Gasteiger partial charge in [0.1, 0.15) is 0 Å². The van der Waals surface area contributed by atoms with Crippen LogP contribution in [0.4, 0.5) is 0 Å². The lowest BCUT2D eigenvalue weighted by atomic mass is 10.1. The zero-order valence-corrected chi connectivity index (χ0v) is 21.6. The number of aliphatic imine (C=N–C) groups is 2. The van der Waals surface area contributed by atoms with Crippen molar-refractivity contribution in [1.29, 1.82) is 0 Å². The van der Waals surface area contributed by atoms with Gasteiger partial charge in [-0.2, -0.15) is 0 Å². The number of hydrogen-bond donors (Lipinski definition) is 4. The van der Waals surface area contributed by atoms with Crippen LogP contribution in [0.5, 0.6) is 11.5 Å². The van der Waals surface area contributed by atoms with Crippen molar-refractivity contribution in [2.45, 2.75) is 19.3 Å². The molecule has 11 heteroatoms. The fourth-order valence-corrected chi connectivity index (χ4v) is 3.71. The molecule has 1 aliphatic rings. The van der Waals surface area contributed by atoms with Crippen LogP contribution in [0.1, 0.15) is 24.0 Å². The highest BCUT2D eigenvalue weighted by molar-refractivity contribution is 6.27. The van der Waals surface area contributed by atoms with Crippen molar-refractivity contribution in [1.82, 2.24) is 15.5 Å². The van der Waals surface area contributed by atoms with Crippen LogP contribution in [0.25, 0.3) is 5.70 Å². The van der Waals surface area contributed by atoms with E-state index in [-0.39, 0.29) is 31.0 Å². The van der Waals surface area contributed by atoms with Gasteiger partial charge < -0.3 is 36.5 Å². The van der Waals surface area contributed by atoms with E-state index < -0.39 is 0 Å². The number of benzene rings is 2. The lowest BCUT2D eigenvalue weighted by molar-refractivity contribution is -0.121. The van der Waals surface area contributed by atoms with Crippen LogP contribution in [0.3, 0.4) is 0 Å². The molecule has 0 fully saturated rings. The average molecular weight is 522 g/mol. The van der Waals surface area contributed by atoms with Crippen molar-refractivity contribution in [3.63, 3.8) is 0 Å². The maximum atomic E-state index is 12.6. The molecular weight excluding hydrogens is 486 g/mol. The molecule has 2 aromatic carbocycles. The number of guanidine groups is 1. The SMILES string of the molecule is CN(CC(=O)NCCCCN=C(N)N)/C(=C\NC(C=O)=NCCc1ccccc1)c1ccc2c(c1)OCO2. The first-order valence-electron chi connectivity index (χ1n) is 12.4. The summed E-state index contributed by atoms with van der Waals surface area (Å²) in [6.07, 6.45) is 4.56. The van der Waals surface area contributed by atoms with E-state index in [1.165, 1.54) is 0 Å². The van der Waals surface area contributed by atoms with Gasteiger partial charge in [-0.15, -0.1) is 0 Å². The molecule has 0 aromatic heterocycles. The number of aldehydes is 1. The molecule has 0 atom stereocenters. The normalized spacial score (nSPS) is 12.6. The molecule has 202 valence electrons. The summed E-state index contributed by atoms with van der Waals surface area (Å²) in [5, 5.41) is 5.90. The summed E-state index contributed by atoms with van der Waals surface area (Å²) in [5.74, 6) is 1.37. The third-order valence-electron chi connectivity index (χ3n) is 5.66. The van der Waals surface area contributed by atoms with Gasteiger partial charge in [-0.1, -0.05) is 30.3 Å². The van der Waals surface area contributed by atoms with Gasteiger partial charge in [-0.25, -0.2) is 0 Å². The molecule has 2 aromatic rings. The molecule has 3 rings (SSSR count). The van der Waals surface area contributed by atoms with Crippen LogP contribution >= 0.6 is 0 Å². The van der Waals surface area contributed by atoms with Gasteiger partial charge in [0, 0.05) is 38.4 Å². The first-order valence-corrected chi connectivity index (χ1v) is 12.4. The Morgan fingerprint density at radius 2 is 1.84 bits per heavy atom. The number of nitrogens with zero attached hydrogens (tertiary/aromatic N) is 3. The lowest BCUT2D eigenvalue weighted by Gasteiger charge is -2.23. The number of nitrogens with two attached hydrogens (primary N) is 2. The Kier molecular flexibility index (Phi) is 11.0. The fourth-order valence-electron chi connectivity index (χ4n) is 3.71. The largest absolute Gasteiger partial charge is 0.454 e. The van der Waals surface area contributed by atoms with Gasteiger partial charge in [0.05, 0.1) is 12.2 Å². The number of rotatable bonds is 14. The van der Waals surface area contributed by atoms with Gasteiger partial charge >= 0.3 is 0 Å². The Balaban J connectivity index is 1.65. The standard InChI is InChI=1S/C27H35N7O4/c1-34(17-26(36)31-12-5-6-13-32-27(28)29)22(21-9-10-23-24(15-21)38-19-37-23)16-33-25(18-35)30-14-11-20-7-3-2-4-8-20/h2-4,7-10,15-16,18H,5-6,11-14,17,19H2,1H3,(H,30,33)(H,31,36)(H4,28,29,32)/b22-16-. The van der Waals surface area contributed by atoms with Gasteiger partial charge in [0.15, 0.2) is 29.6 Å². The molecule has 0 unspecified atom stereocenters. The number of fused-ring (bicyclic) bond motifs is 1. The summed E-state index contributed by atoms with van der Waals surface area (Å²) >= 11 is 0. The van der Waals surface area contributed by atoms with Gasteiger partial charge in [-0.3, -0.25) is 19.6 Å². The molecule has 0 saturated carbocycles. The average Bonchev–Trinajstić information content (AvgIpc) is 3.38. The summed E-state index contributed by atoms with van der Waals surface area (Å²) in [4.78, 5) is 34.4. The van der Waals surface area contributed by atoms with Crippen LogP contribution in [0.2, 0.25) is 0 Å². The lowest BCUT2D eigenvalue weighted by Crippen LogP contribution is -2.35. The molecule has 0 saturated heterocycles. The summed E-state index contributed by atoms with van der Waals surface area (Å²) in [5.41, 5.74) is 13.2. The Morgan fingerprint density at radius 1 is 1.05 bits per heavy atom. The van der Waals surface area contributed by atoms with E-state index in [4.69, 9.17) is 20.9 Å². The van der Waals surface area contributed by atoms with E-state index in [0.717, 1.165) is 24.0 Å². The molecule has 0 radical (unpaired) electrons. The minimum absolute atomic E-state index is 0.0612. The van der Waals surface area contributed by atoms with Crippen molar-refractivity contribution in [2.75, 3.05) is 40.0 Å². The highest BCUT2D eigenvalue weighted by atomic mass is 16.7. The van der Waals surface area contributed by atoms with Crippen LogP contribution in [-0.2, 0) is 16.0 Å². The van der Waals surface area contributed by atoms with E-state index in [2.05, 4.69) is 20.6 Å². The van der Waals surface area contributed by atoms with Crippen molar-refractivity contribution in [3.05, 3.63) is 65.9 Å². The molecule has 1 amide bonds.